The third-order valence-electron chi connectivity index (χ3n) is 1.71. The van der Waals surface area contributed by atoms with Gasteiger partial charge in [-0.25, -0.2) is 0 Å². The molecule has 2 nitrogen and oxygen atoms in total. The molecule has 0 saturated carbocycles. The SMILES string of the molecule is CC.CC1=Cc2nnsc2CC1. The first-order valence-electron chi connectivity index (χ1n) is 4.34. The number of aromatic nitrogens is 2. The van der Waals surface area contributed by atoms with Crippen LogP contribution in [0.3, 0.4) is 0 Å². The Morgan fingerprint density at radius 3 is 2.83 bits per heavy atom. The van der Waals surface area contributed by atoms with E-state index in [1.54, 1.807) is 0 Å². The Bertz CT molecular complexity index is 276. The predicted molar refractivity (Wildman–Crippen MR) is 53.2 cm³/mol. The number of rotatable bonds is 0. The Morgan fingerprint density at radius 1 is 1.33 bits per heavy atom. The molecular weight excluding hydrogens is 168 g/mol. The third-order valence-corrected chi connectivity index (χ3v) is 2.51. The molecule has 0 unspecified atom stereocenters. The second-order valence-electron chi connectivity index (χ2n) is 2.57. The lowest BCUT2D eigenvalue weighted by atomic mass is 10.0. The van der Waals surface area contributed by atoms with E-state index >= 15 is 0 Å². The van der Waals surface area contributed by atoms with E-state index in [1.165, 1.54) is 28.4 Å². The highest BCUT2D eigenvalue weighted by molar-refractivity contribution is 7.05. The second-order valence-corrected chi connectivity index (χ2v) is 3.41. The van der Waals surface area contributed by atoms with Crippen molar-refractivity contribution in [2.24, 2.45) is 0 Å². The van der Waals surface area contributed by atoms with Gasteiger partial charge in [-0.15, -0.1) is 5.10 Å². The fourth-order valence-corrected chi connectivity index (χ4v) is 1.73. The zero-order valence-corrected chi connectivity index (χ0v) is 8.61. The maximum Gasteiger partial charge on any atom is 0.101 e. The molecule has 66 valence electrons. The van der Waals surface area contributed by atoms with Crippen LogP contribution in [0.4, 0.5) is 0 Å². The summed E-state index contributed by atoms with van der Waals surface area (Å²) in [5.41, 5.74) is 2.51. The van der Waals surface area contributed by atoms with Gasteiger partial charge >= 0.3 is 0 Å². The van der Waals surface area contributed by atoms with Crippen LogP contribution in [-0.4, -0.2) is 9.59 Å². The Labute approximate surface area is 77.5 Å². The van der Waals surface area contributed by atoms with Gasteiger partial charge in [0.1, 0.15) is 5.69 Å². The molecule has 0 aromatic carbocycles. The van der Waals surface area contributed by atoms with Crippen molar-refractivity contribution in [2.75, 3.05) is 0 Å². The average Bonchev–Trinajstić information content (AvgIpc) is 2.54. The van der Waals surface area contributed by atoms with Crippen LogP contribution in [-0.2, 0) is 6.42 Å². The van der Waals surface area contributed by atoms with E-state index in [1.807, 2.05) is 13.8 Å². The smallest absolute Gasteiger partial charge is 0.101 e. The zero-order chi connectivity index (χ0) is 8.97. The molecule has 3 heteroatoms. The van der Waals surface area contributed by atoms with E-state index in [9.17, 15) is 0 Å². The van der Waals surface area contributed by atoms with E-state index < -0.39 is 0 Å². The molecule has 0 aliphatic heterocycles. The van der Waals surface area contributed by atoms with Crippen LogP contribution in [0.5, 0.6) is 0 Å². The minimum atomic E-state index is 1.09. The minimum absolute atomic E-state index is 1.09. The monoisotopic (exact) mass is 182 g/mol. The molecule has 1 aromatic rings. The van der Waals surface area contributed by atoms with Gasteiger partial charge in [-0.2, -0.15) is 0 Å². The van der Waals surface area contributed by atoms with Gasteiger partial charge < -0.3 is 0 Å². The lowest BCUT2D eigenvalue weighted by Crippen LogP contribution is -1.93. The number of allylic oxidation sites excluding steroid dienone is 1. The third kappa shape index (κ3) is 1.91. The summed E-state index contributed by atoms with van der Waals surface area (Å²) in [5, 5.41) is 4.00. The number of nitrogens with zero attached hydrogens (tertiary/aromatic N) is 2. The summed E-state index contributed by atoms with van der Waals surface area (Å²) in [7, 11) is 0. The first-order valence-corrected chi connectivity index (χ1v) is 5.12. The van der Waals surface area contributed by atoms with Crippen molar-refractivity contribution in [1.82, 2.24) is 9.59 Å². The van der Waals surface area contributed by atoms with Crippen molar-refractivity contribution >= 4 is 17.6 Å². The molecule has 0 bridgehead atoms. The van der Waals surface area contributed by atoms with Crippen molar-refractivity contribution < 1.29 is 0 Å². The van der Waals surface area contributed by atoms with Gasteiger partial charge in [-0.1, -0.05) is 23.9 Å². The van der Waals surface area contributed by atoms with Crippen LogP contribution in [0.2, 0.25) is 0 Å². The second kappa shape index (κ2) is 4.36. The van der Waals surface area contributed by atoms with Crippen molar-refractivity contribution in [1.29, 1.82) is 0 Å². The van der Waals surface area contributed by atoms with Crippen LogP contribution in [0, 0.1) is 0 Å². The Morgan fingerprint density at radius 2 is 2.08 bits per heavy atom. The van der Waals surface area contributed by atoms with Gasteiger partial charge in [0.05, 0.1) is 4.88 Å². The summed E-state index contributed by atoms with van der Waals surface area (Å²) in [5.74, 6) is 0. The van der Waals surface area contributed by atoms with Gasteiger partial charge in [-0.3, -0.25) is 0 Å². The maximum atomic E-state index is 4.00. The molecule has 1 aromatic heterocycles. The van der Waals surface area contributed by atoms with Crippen LogP contribution in [0.1, 0.15) is 37.8 Å². The molecular formula is C9H14N2S. The van der Waals surface area contributed by atoms with Crippen LogP contribution in [0.25, 0.3) is 6.08 Å². The topological polar surface area (TPSA) is 25.8 Å². The van der Waals surface area contributed by atoms with E-state index in [0.717, 1.165) is 12.1 Å². The number of hydrogen-bond acceptors (Lipinski definition) is 3. The lowest BCUT2D eigenvalue weighted by molar-refractivity contribution is 0.934. The lowest BCUT2D eigenvalue weighted by Gasteiger charge is -2.05. The number of aryl methyl sites for hydroxylation is 1. The fraction of sp³-hybridized carbons (Fsp3) is 0.556. The quantitative estimate of drug-likeness (QED) is 0.616. The van der Waals surface area contributed by atoms with Gasteiger partial charge in [0, 0.05) is 0 Å². The molecule has 1 aliphatic carbocycles. The molecule has 1 aliphatic rings. The molecule has 0 saturated heterocycles. The van der Waals surface area contributed by atoms with E-state index in [2.05, 4.69) is 22.6 Å². The van der Waals surface area contributed by atoms with Gasteiger partial charge in [-0.05, 0) is 37.4 Å². The molecule has 1 heterocycles. The summed E-state index contributed by atoms with van der Waals surface area (Å²) < 4.78 is 3.89. The van der Waals surface area contributed by atoms with Gasteiger partial charge in [0.15, 0.2) is 0 Å². The van der Waals surface area contributed by atoms with E-state index in [4.69, 9.17) is 0 Å². The average molecular weight is 182 g/mol. The number of fused-ring (bicyclic) bond motifs is 1. The molecule has 2 rings (SSSR count). The van der Waals surface area contributed by atoms with Crippen LogP contribution in [0.15, 0.2) is 5.57 Å². The van der Waals surface area contributed by atoms with Gasteiger partial charge in [0.25, 0.3) is 0 Å². The molecule has 0 spiro atoms. The van der Waals surface area contributed by atoms with Crippen molar-refractivity contribution in [3.63, 3.8) is 0 Å². The number of hydrogen-bond donors (Lipinski definition) is 0. The summed E-state index contributed by atoms with van der Waals surface area (Å²) in [6, 6.07) is 0. The normalized spacial score (nSPS) is 14.1. The Kier molecular flexibility index (Phi) is 3.41. The first-order chi connectivity index (χ1) is 5.86. The summed E-state index contributed by atoms with van der Waals surface area (Å²) >= 11 is 1.52. The fourth-order valence-electron chi connectivity index (χ4n) is 1.12. The molecule has 0 radical (unpaired) electrons. The first kappa shape index (κ1) is 9.39. The minimum Gasteiger partial charge on any atom is -0.138 e. The van der Waals surface area contributed by atoms with E-state index in [-0.39, 0.29) is 0 Å². The zero-order valence-electron chi connectivity index (χ0n) is 7.79. The molecule has 12 heavy (non-hydrogen) atoms. The highest BCUT2D eigenvalue weighted by Crippen LogP contribution is 2.23. The van der Waals surface area contributed by atoms with Crippen molar-refractivity contribution in [3.05, 3.63) is 16.1 Å². The Balaban J connectivity index is 0.000000336. The van der Waals surface area contributed by atoms with Crippen molar-refractivity contribution in [2.45, 2.75) is 33.6 Å². The molecule has 0 amide bonds. The van der Waals surface area contributed by atoms with Crippen LogP contribution >= 0.6 is 11.5 Å². The summed E-state index contributed by atoms with van der Waals surface area (Å²) in [4.78, 5) is 1.34. The van der Waals surface area contributed by atoms with Crippen LogP contribution < -0.4 is 0 Å². The van der Waals surface area contributed by atoms with Gasteiger partial charge in [0.2, 0.25) is 0 Å². The molecule has 0 N–H and O–H groups in total. The highest BCUT2D eigenvalue weighted by Gasteiger charge is 2.10. The van der Waals surface area contributed by atoms with Crippen molar-refractivity contribution in [3.8, 4) is 0 Å². The Hall–Kier alpha value is -0.700. The molecule has 0 atom stereocenters. The summed E-state index contributed by atoms with van der Waals surface area (Å²) in [6.45, 7) is 6.14. The maximum absolute atomic E-state index is 4.00. The summed E-state index contributed by atoms with van der Waals surface area (Å²) in [6.07, 6.45) is 4.44. The standard InChI is InChI=1S/C7H8N2S.C2H6/c1-5-2-3-7-6(4-5)8-9-10-7;1-2/h4H,2-3H2,1H3;1-2H3. The highest BCUT2D eigenvalue weighted by atomic mass is 32.1. The predicted octanol–water partition coefficient (Wildman–Crippen LogP) is 2.91. The molecule has 0 fully saturated rings. The largest absolute Gasteiger partial charge is 0.138 e. The van der Waals surface area contributed by atoms with E-state index in [0.29, 0.717) is 0 Å².